The molecule has 3 aromatic heterocycles. The summed E-state index contributed by atoms with van der Waals surface area (Å²) >= 11 is 0. The second kappa shape index (κ2) is 6.60. The number of aryl methyl sites for hydroxylation is 2. The fraction of sp³-hybridized carbons (Fsp3) is 0.0870. The maximum atomic E-state index is 12.6. The molecule has 5 aromatic rings. The summed E-state index contributed by atoms with van der Waals surface area (Å²) in [6.45, 7) is 4.04. The van der Waals surface area contributed by atoms with Crippen LogP contribution in [0, 0.1) is 13.8 Å². The molecule has 0 spiro atoms. The van der Waals surface area contributed by atoms with Crippen molar-refractivity contribution in [3.05, 3.63) is 83.8 Å². The zero-order valence-electron chi connectivity index (χ0n) is 16.1. The van der Waals surface area contributed by atoms with E-state index in [1.807, 2.05) is 47.7 Å². The third kappa shape index (κ3) is 3.14. The number of pyridine rings is 1. The number of aromatic amines is 1. The molecule has 0 saturated carbocycles. The van der Waals surface area contributed by atoms with Crippen LogP contribution in [0.3, 0.4) is 0 Å². The van der Waals surface area contributed by atoms with Crippen LogP contribution in [0.5, 0.6) is 0 Å². The number of nitrogens with zero attached hydrogens (tertiary/aromatic N) is 3. The van der Waals surface area contributed by atoms with E-state index in [-0.39, 0.29) is 5.91 Å². The van der Waals surface area contributed by atoms with Gasteiger partial charge in [0, 0.05) is 11.9 Å². The lowest BCUT2D eigenvalue weighted by Crippen LogP contribution is -2.13. The van der Waals surface area contributed by atoms with Gasteiger partial charge >= 0.3 is 0 Å². The van der Waals surface area contributed by atoms with Gasteiger partial charge in [-0.25, -0.2) is 9.97 Å². The first-order valence-electron chi connectivity index (χ1n) is 9.40. The van der Waals surface area contributed by atoms with Crippen LogP contribution in [0.2, 0.25) is 0 Å². The van der Waals surface area contributed by atoms with Gasteiger partial charge in [-0.3, -0.25) is 10.1 Å². The summed E-state index contributed by atoms with van der Waals surface area (Å²) in [7, 11) is 0. The molecule has 0 bridgehead atoms. The number of hydrogen-bond donors (Lipinski definition) is 2. The molecule has 0 radical (unpaired) electrons. The number of carbonyl (C=O) groups excluding carboxylic acids is 1. The SMILES string of the molecule is Cc1ccc(-c2ccc3nc(NC(=O)c4cn5c(C)cccc5n4)[nH]c3c2)cc1. The summed E-state index contributed by atoms with van der Waals surface area (Å²) in [5.41, 5.74) is 7.21. The molecular weight excluding hydrogens is 362 g/mol. The molecule has 2 N–H and O–H groups in total. The van der Waals surface area contributed by atoms with Gasteiger partial charge in [0.1, 0.15) is 11.3 Å². The summed E-state index contributed by atoms with van der Waals surface area (Å²) in [4.78, 5) is 24.7. The van der Waals surface area contributed by atoms with Crippen LogP contribution in [-0.2, 0) is 0 Å². The van der Waals surface area contributed by atoms with Crippen molar-refractivity contribution < 1.29 is 4.79 Å². The first-order chi connectivity index (χ1) is 14.1. The van der Waals surface area contributed by atoms with E-state index in [2.05, 4.69) is 51.5 Å². The number of H-pyrrole nitrogens is 1. The lowest BCUT2D eigenvalue weighted by Gasteiger charge is -2.02. The highest BCUT2D eigenvalue weighted by Gasteiger charge is 2.14. The topological polar surface area (TPSA) is 75.1 Å². The molecule has 0 aliphatic rings. The highest BCUT2D eigenvalue weighted by molar-refractivity contribution is 6.03. The highest BCUT2D eigenvalue weighted by atomic mass is 16.2. The average molecular weight is 381 g/mol. The van der Waals surface area contributed by atoms with Gasteiger partial charge in [0.2, 0.25) is 5.95 Å². The van der Waals surface area contributed by atoms with Gasteiger partial charge in [0.05, 0.1) is 11.0 Å². The first kappa shape index (κ1) is 17.2. The van der Waals surface area contributed by atoms with Crippen molar-refractivity contribution in [2.45, 2.75) is 13.8 Å². The summed E-state index contributed by atoms with van der Waals surface area (Å²) in [6.07, 6.45) is 1.73. The standard InChI is InChI=1S/C23H19N5O/c1-14-6-8-16(9-7-14)17-10-11-18-19(12-17)26-23(25-18)27-22(29)20-13-28-15(2)4-3-5-21(28)24-20/h3-13H,1-2H3,(H2,25,26,27,29). The summed E-state index contributed by atoms with van der Waals surface area (Å²) in [5, 5.41) is 2.81. The smallest absolute Gasteiger partial charge is 0.278 e. The van der Waals surface area contributed by atoms with Gasteiger partial charge < -0.3 is 9.38 Å². The van der Waals surface area contributed by atoms with Gasteiger partial charge in [0.15, 0.2) is 0 Å². The molecule has 0 saturated heterocycles. The first-order valence-corrected chi connectivity index (χ1v) is 9.40. The Morgan fingerprint density at radius 3 is 2.55 bits per heavy atom. The Balaban J connectivity index is 1.43. The highest BCUT2D eigenvalue weighted by Crippen LogP contribution is 2.24. The van der Waals surface area contributed by atoms with Gasteiger partial charge in [0.25, 0.3) is 5.91 Å². The molecule has 3 heterocycles. The third-order valence-electron chi connectivity index (χ3n) is 5.03. The molecule has 0 aliphatic heterocycles. The number of carbonyl (C=O) groups is 1. The zero-order chi connectivity index (χ0) is 20.0. The summed E-state index contributed by atoms with van der Waals surface area (Å²) < 4.78 is 1.89. The Kier molecular flexibility index (Phi) is 3.91. The minimum absolute atomic E-state index is 0.300. The van der Waals surface area contributed by atoms with Crippen molar-refractivity contribution in [3.63, 3.8) is 0 Å². The number of hydrogen-bond acceptors (Lipinski definition) is 3. The molecule has 0 fully saturated rings. The Morgan fingerprint density at radius 2 is 1.76 bits per heavy atom. The lowest BCUT2D eigenvalue weighted by molar-refractivity contribution is 0.102. The van der Waals surface area contributed by atoms with Crippen LogP contribution < -0.4 is 5.32 Å². The molecule has 5 rings (SSSR count). The Morgan fingerprint density at radius 1 is 0.966 bits per heavy atom. The Bertz CT molecular complexity index is 1360. The van der Waals surface area contributed by atoms with Crippen LogP contribution in [0.4, 0.5) is 5.95 Å². The van der Waals surface area contributed by atoms with Crippen LogP contribution in [0.1, 0.15) is 21.7 Å². The molecular formula is C23H19N5O. The van der Waals surface area contributed by atoms with E-state index in [0.29, 0.717) is 11.6 Å². The maximum Gasteiger partial charge on any atom is 0.278 e. The minimum atomic E-state index is -0.300. The number of anilines is 1. The average Bonchev–Trinajstić information content (AvgIpc) is 3.32. The molecule has 2 aromatic carbocycles. The number of fused-ring (bicyclic) bond motifs is 2. The Hall–Kier alpha value is -3.93. The second-order valence-electron chi connectivity index (χ2n) is 7.16. The second-order valence-corrected chi connectivity index (χ2v) is 7.16. The number of nitrogens with one attached hydrogen (secondary N) is 2. The van der Waals surface area contributed by atoms with E-state index in [1.165, 1.54) is 5.56 Å². The quantitative estimate of drug-likeness (QED) is 0.474. The summed E-state index contributed by atoms with van der Waals surface area (Å²) in [6, 6.07) is 20.2. The van der Waals surface area contributed by atoms with Crippen molar-refractivity contribution in [2.24, 2.45) is 0 Å². The fourth-order valence-corrected chi connectivity index (χ4v) is 3.42. The predicted molar refractivity (Wildman–Crippen MR) is 114 cm³/mol. The molecule has 6 heteroatoms. The van der Waals surface area contributed by atoms with E-state index >= 15 is 0 Å². The van der Waals surface area contributed by atoms with E-state index in [0.717, 1.165) is 33.5 Å². The van der Waals surface area contributed by atoms with Crippen molar-refractivity contribution >= 4 is 28.5 Å². The summed E-state index contributed by atoms with van der Waals surface area (Å²) in [5.74, 6) is 0.103. The zero-order valence-corrected chi connectivity index (χ0v) is 16.1. The molecule has 0 aliphatic carbocycles. The largest absolute Gasteiger partial charge is 0.324 e. The van der Waals surface area contributed by atoms with E-state index in [4.69, 9.17) is 0 Å². The Labute approximate surface area is 167 Å². The molecule has 0 atom stereocenters. The van der Waals surface area contributed by atoms with Crippen LogP contribution in [-0.4, -0.2) is 25.3 Å². The normalized spacial score (nSPS) is 11.2. The van der Waals surface area contributed by atoms with Crippen molar-refractivity contribution in [3.8, 4) is 11.1 Å². The number of benzene rings is 2. The number of aromatic nitrogens is 4. The monoisotopic (exact) mass is 381 g/mol. The van der Waals surface area contributed by atoms with Crippen molar-refractivity contribution in [1.82, 2.24) is 19.4 Å². The fourth-order valence-electron chi connectivity index (χ4n) is 3.42. The minimum Gasteiger partial charge on any atom is -0.324 e. The predicted octanol–water partition coefficient (Wildman–Crippen LogP) is 4.75. The molecule has 142 valence electrons. The van der Waals surface area contributed by atoms with Crippen molar-refractivity contribution in [1.29, 1.82) is 0 Å². The van der Waals surface area contributed by atoms with Crippen LogP contribution >= 0.6 is 0 Å². The number of amides is 1. The molecule has 1 amide bonds. The molecule has 6 nitrogen and oxygen atoms in total. The van der Waals surface area contributed by atoms with Crippen LogP contribution in [0.25, 0.3) is 27.8 Å². The van der Waals surface area contributed by atoms with Crippen LogP contribution in [0.15, 0.2) is 66.9 Å². The number of imidazole rings is 2. The van der Waals surface area contributed by atoms with E-state index in [1.54, 1.807) is 6.20 Å². The number of rotatable bonds is 3. The van der Waals surface area contributed by atoms with Gasteiger partial charge in [-0.2, -0.15) is 0 Å². The van der Waals surface area contributed by atoms with Gasteiger partial charge in [-0.1, -0.05) is 42.0 Å². The lowest BCUT2D eigenvalue weighted by atomic mass is 10.0. The third-order valence-corrected chi connectivity index (χ3v) is 5.03. The van der Waals surface area contributed by atoms with Gasteiger partial charge in [-0.05, 0) is 49.2 Å². The van der Waals surface area contributed by atoms with E-state index in [9.17, 15) is 4.79 Å². The molecule has 29 heavy (non-hydrogen) atoms. The maximum absolute atomic E-state index is 12.6. The van der Waals surface area contributed by atoms with E-state index < -0.39 is 0 Å². The van der Waals surface area contributed by atoms with Crippen molar-refractivity contribution in [2.75, 3.05) is 5.32 Å². The molecule has 0 unspecified atom stereocenters. The van der Waals surface area contributed by atoms with Gasteiger partial charge in [-0.15, -0.1) is 0 Å².